The zero-order chi connectivity index (χ0) is 14.4. The molecule has 0 fully saturated rings. The van der Waals surface area contributed by atoms with Gasteiger partial charge in [0.15, 0.2) is 11.5 Å². The van der Waals surface area contributed by atoms with E-state index in [0.29, 0.717) is 22.4 Å². The molecule has 0 aliphatic heterocycles. The van der Waals surface area contributed by atoms with Crippen LogP contribution in [-0.2, 0) is 0 Å². The molecule has 0 spiro atoms. The Labute approximate surface area is 119 Å². The maximum absolute atomic E-state index is 9.51. The van der Waals surface area contributed by atoms with Gasteiger partial charge in [0.25, 0.3) is 0 Å². The van der Waals surface area contributed by atoms with Gasteiger partial charge >= 0.3 is 0 Å². The summed E-state index contributed by atoms with van der Waals surface area (Å²) in [6.45, 7) is 4.99. The van der Waals surface area contributed by atoms with Gasteiger partial charge in [0.1, 0.15) is 0 Å². The highest BCUT2D eigenvalue weighted by atomic mass is 35.5. The summed E-state index contributed by atoms with van der Waals surface area (Å²) in [4.78, 5) is 0. The predicted octanol–water partition coefficient (Wildman–Crippen LogP) is 2.64. The third-order valence-corrected chi connectivity index (χ3v) is 3.24. The van der Waals surface area contributed by atoms with Crippen molar-refractivity contribution >= 4 is 11.6 Å². The van der Waals surface area contributed by atoms with Crippen molar-refractivity contribution in [2.45, 2.75) is 19.9 Å². The fourth-order valence-electron chi connectivity index (χ4n) is 1.82. The average Bonchev–Trinajstić information content (AvgIpc) is 2.40. The van der Waals surface area contributed by atoms with Crippen LogP contribution in [0.15, 0.2) is 12.1 Å². The number of hydrogen-bond acceptors (Lipinski definition) is 4. The third kappa shape index (κ3) is 4.00. The van der Waals surface area contributed by atoms with Crippen LogP contribution in [0.5, 0.6) is 11.5 Å². The highest BCUT2D eigenvalue weighted by molar-refractivity contribution is 6.33. The minimum absolute atomic E-state index is 0.0259. The lowest BCUT2D eigenvalue weighted by molar-refractivity contribution is 0.240. The van der Waals surface area contributed by atoms with E-state index in [1.165, 1.54) is 0 Å². The summed E-state index contributed by atoms with van der Waals surface area (Å²) in [6.07, 6.45) is 0. The predicted molar refractivity (Wildman–Crippen MR) is 77.2 cm³/mol. The smallest absolute Gasteiger partial charge is 0.179 e. The van der Waals surface area contributed by atoms with Crippen LogP contribution < -0.4 is 14.8 Å². The maximum atomic E-state index is 9.51. The van der Waals surface area contributed by atoms with Gasteiger partial charge in [-0.05, 0) is 24.1 Å². The second-order valence-electron chi connectivity index (χ2n) is 4.74. The molecule has 0 radical (unpaired) electrons. The lowest BCUT2D eigenvalue weighted by atomic mass is 10.1. The quantitative estimate of drug-likeness (QED) is 0.809. The summed E-state index contributed by atoms with van der Waals surface area (Å²) in [5.41, 5.74) is 0.808. The Morgan fingerprint density at radius 1 is 1.26 bits per heavy atom. The Morgan fingerprint density at radius 3 is 2.42 bits per heavy atom. The van der Waals surface area contributed by atoms with Crippen LogP contribution in [0, 0.1) is 5.92 Å². The van der Waals surface area contributed by atoms with Gasteiger partial charge in [-0.3, -0.25) is 0 Å². The molecule has 4 nitrogen and oxygen atoms in total. The molecule has 0 aliphatic carbocycles. The Hall–Kier alpha value is -0.970. The summed E-state index contributed by atoms with van der Waals surface area (Å²) in [7, 11) is 3.11. The molecule has 0 aromatic heterocycles. The lowest BCUT2D eigenvalue weighted by Gasteiger charge is -2.21. The molecule has 1 unspecified atom stereocenters. The lowest BCUT2D eigenvalue weighted by Crippen LogP contribution is -2.28. The van der Waals surface area contributed by atoms with Crippen LogP contribution in [0.4, 0.5) is 0 Å². The number of aliphatic hydroxyl groups is 1. The average molecular weight is 288 g/mol. The molecule has 1 atom stereocenters. The van der Waals surface area contributed by atoms with Gasteiger partial charge in [0.05, 0.1) is 31.9 Å². The Balaban J connectivity index is 3.04. The number of rotatable bonds is 7. The molecule has 5 heteroatoms. The second-order valence-corrected chi connectivity index (χ2v) is 5.12. The first-order chi connectivity index (χ1) is 9.04. The minimum atomic E-state index is -0.213. The van der Waals surface area contributed by atoms with E-state index in [1.54, 1.807) is 20.3 Å². The molecule has 0 saturated carbocycles. The highest BCUT2D eigenvalue weighted by Gasteiger charge is 2.19. The zero-order valence-electron chi connectivity index (χ0n) is 11.9. The molecule has 1 aromatic carbocycles. The fourth-order valence-corrected chi connectivity index (χ4v) is 2.19. The SMILES string of the molecule is COc1ccc(C(CO)NCC(C)C)c(Cl)c1OC. The van der Waals surface area contributed by atoms with Gasteiger partial charge in [-0.1, -0.05) is 31.5 Å². The number of hydrogen-bond donors (Lipinski definition) is 2. The van der Waals surface area contributed by atoms with Crippen molar-refractivity contribution in [3.8, 4) is 11.5 Å². The molecule has 0 saturated heterocycles. The summed E-state index contributed by atoms with van der Waals surface area (Å²) in [5.74, 6) is 1.57. The van der Waals surface area contributed by atoms with E-state index in [4.69, 9.17) is 21.1 Å². The van der Waals surface area contributed by atoms with Crippen LogP contribution in [0.1, 0.15) is 25.5 Å². The van der Waals surface area contributed by atoms with Crippen LogP contribution in [0.2, 0.25) is 5.02 Å². The van der Waals surface area contributed by atoms with Crippen LogP contribution in [-0.4, -0.2) is 32.5 Å². The Bertz CT molecular complexity index is 410. The molecular weight excluding hydrogens is 266 g/mol. The minimum Gasteiger partial charge on any atom is -0.493 e. The molecule has 0 amide bonds. The number of ether oxygens (including phenoxy) is 2. The van der Waals surface area contributed by atoms with Crippen molar-refractivity contribution in [1.82, 2.24) is 5.32 Å². The van der Waals surface area contributed by atoms with E-state index in [-0.39, 0.29) is 12.6 Å². The number of methoxy groups -OCH3 is 2. The summed E-state index contributed by atoms with van der Waals surface area (Å²) in [6, 6.07) is 3.42. The van der Waals surface area contributed by atoms with E-state index in [0.717, 1.165) is 12.1 Å². The van der Waals surface area contributed by atoms with Crippen molar-refractivity contribution < 1.29 is 14.6 Å². The van der Waals surface area contributed by atoms with Crippen molar-refractivity contribution in [2.24, 2.45) is 5.92 Å². The van der Waals surface area contributed by atoms with Crippen molar-refractivity contribution in [2.75, 3.05) is 27.4 Å². The molecule has 108 valence electrons. The molecular formula is C14H22ClNO3. The number of halogens is 1. The topological polar surface area (TPSA) is 50.7 Å². The Kier molecular flexibility index (Phi) is 6.42. The monoisotopic (exact) mass is 287 g/mol. The number of aliphatic hydroxyl groups excluding tert-OH is 1. The number of nitrogens with one attached hydrogen (secondary N) is 1. The first-order valence-electron chi connectivity index (χ1n) is 6.29. The van der Waals surface area contributed by atoms with E-state index < -0.39 is 0 Å². The van der Waals surface area contributed by atoms with Gasteiger partial charge in [0, 0.05) is 0 Å². The van der Waals surface area contributed by atoms with Gasteiger partial charge in [-0.15, -0.1) is 0 Å². The van der Waals surface area contributed by atoms with Gasteiger partial charge < -0.3 is 19.9 Å². The Morgan fingerprint density at radius 2 is 1.95 bits per heavy atom. The molecule has 0 aliphatic rings. The summed E-state index contributed by atoms with van der Waals surface area (Å²) >= 11 is 6.33. The standard InChI is InChI=1S/C14H22ClNO3/c1-9(2)7-16-11(8-17)10-5-6-12(18-3)14(19-4)13(10)15/h5-6,9,11,16-17H,7-8H2,1-4H3. The third-order valence-electron chi connectivity index (χ3n) is 2.85. The summed E-state index contributed by atoms with van der Waals surface area (Å²) in [5, 5.41) is 13.3. The molecule has 1 rings (SSSR count). The fraction of sp³-hybridized carbons (Fsp3) is 0.571. The van der Waals surface area contributed by atoms with E-state index in [2.05, 4.69) is 19.2 Å². The van der Waals surface area contributed by atoms with E-state index in [9.17, 15) is 5.11 Å². The van der Waals surface area contributed by atoms with E-state index >= 15 is 0 Å². The largest absolute Gasteiger partial charge is 0.493 e. The van der Waals surface area contributed by atoms with Crippen LogP contribution >= 0.6 is 11.6 Å². The first kappa shape index (κ1) is 16.1. The zero-order valence-corrected chi connectivity index (χ0v) is 12.6. The van der Waals surface area contributed by atoms with Crippen LogP contribution in [0.25, 0.3) is 0 Å². The first-order valence-corrected chi connectivity index (χ1v) is 6.67. The molecule has 0 heterocycles. The van der Waals surface area contributed by atoms with Crippen LogP contribution in [0.3, 0.4) is 0 Å². The van der Waals surface area contributed by atoms with Crippen molar-refractivity contribution in [3.63, 3.8) is 0 Å². The van der Waals surface area contributed by atoms with Gasteiger partial charge in [-0.25, -0.2) is 0 Å². The molecule has 2 N–H and O–H groups in total. The normalized spacial score (nSPS) is 12.6. The van der Waals surface area contributed by atoms with E-state index in [1.807, 2.05) is 6.07 Å². The maximum Gasteiger partial charge on any atom is 0.179 e. The highest BCUT2D eigenvalue weighted by Crippen LogP contribution is 2.39. The second kappa shape index (κ2) is 7.58. The number of benzene rings is 1. The van der Waals surface area contributed by atoms with Crippen molar-refractivity contribution in [3.05, 3.63) is 22.7 Å². The molecule has 1 aromatic rings. The summed E-state index contributed by atoms with van der Waals surface area (Å²) < 4.78 is 10.5. The molecule has 19 heavy (non-hydrogen) atoms. The van der Waals surface area contributed by atoms with Gasteiger partial charge in [0.2, 0.25) is 0 Å². The molecule has 0 bridgehead atoms. The van der Waals surface area contributed by atoms with Gasteiger partial charge in [-0.2, -0.15) is 0 Å². The van der Waals surface area contributed by atoms with Crippen molar-refractivity contribution in [1.29, 1.82) is 0 Å².